The summed E-state index contributed by atoms with van der Waals surface area (Å²) in [5.41, 5.74) is 1.20. The molecule has 0 aliphatic carbocycles. The molecule has 0 aromatic carbocycles. The van der Waals surface area contributed by atoms with Crippen LogP contribution in [0.25, 0.3) is 0 Å². The third-order valence-electron chi connectivity index (χ3n) is 4.04. The van der Waals surface area contributed by atoms with E-state index >= 15 is 0 Å². The van der Waals surface area contributed by atoms with E-state index in [0.29, 0.717) is 0 Å². The Morgan fingerprint density at radius 2 is 1.69 bits per heavy atom. The number of hydrogen-bond donors (Lipinski definition) is 0. The summed E-state index contributed by atoms with van der Waals surface area (Å²) in [6.07, 6.45) is 5.90. The second kappa shape index (κ2) is 5.38. The highest BCUT2D eigenvalue weighted by molar-refractivity contribution is 5.10. The zero-order chi connectivity index (χ0) is 13.0. The Balaban J connectivity index is 4.81. The van der Waals surface area contributed by atoms with Crippen LogP contribution in [0.4, 0.5) is 0 Å². The van der Waals surface area contributed by atoms with Gasteiger partial charge in [0.25, 0.3) is 0 Å². The lowest BCUT2D eigenvalue weighted by Gasteiger charge is -2.48. The molecule has 0 saturated heterocycles. The largest absolute Gasteiger partial charge is 0.372 e. The van der Waals surface area contributed by atoms with Gasteiger partial charge < -0.3 is 4.90 Å². The molecule has 0 fully saturated rings. The van der Waals surface area contributed by atoms with Crippen molar-refractivity contribution < 1.29 is 0 Å². The molecule has 92 valence electrons. The zero-order valence-electron chi connectivity index (χ0n) is 11.6. The summed E-state index contributed by atoms with van der Waals surface area (Å²) in [6, 6.07) is 0. The lowest BCUT2D eigenvalue weighted by Crippen LogP contribution is -2.50. The van der Waals surface area contributed by atoms with Gasteiger partial charge in [0.2, 0.25) is 0 Å². The summed E-state index contributed by atoms with van der Waals surface area (Å²) < 4.78 is 0. The predicted octanol–water partition coefficient (Wildman–Crippen LogP) is 4.39. The van der Waals surface area contributed by atoms with Gasteiger partial charge >= 0.3 is 0 Å². The average molecular weight is 221 g/mol. The summed E-state index contributed by atoms with van der Waals surface area (Å²) in [4.78, 5) is 2.26. The van der Waals surface area contributed by atoms with Crippen molar-refractivity contribution in [3.63, 3.8) is 0 Å². The van der Waals surface area contributed by atoms with Crippen LogP contribution in [0.5, 0.6) is 0 Å². The monoisotopic (exact) mass is 221 g/mol. The van der Waals surface area contributed by atoms with Crippen LogP contribution in [0.2, 0.25) is 0 Å². The Kier molecular flexibility index (Phi) is 5.05. The van der Waals surface area contributed by atoms with E-state index in [1.54, 1.807) is 0 Å². The highest BCUT2D eigenvalue weighted by Gasteiger charge is 2.38. The van der Waals surface area contributed by atoms with Crippen molar-refractivity contribution in [3.05, 3.63) is 37.6 Å². The lowest BCUT2D eigenvalue weighted by atomic mass is 9.73. The minimum absolute atomic E-state index is 0.00695. The molecule has 0 aliphatic rings. The molecule has 0 N–H and O–H groups in total. The van der Waals surface area contributed by atoms with Crippen molar-refractivity contribution in [2.75, 3.05) is 7.05 Å². The molecule has 0 unspecified atom stereocenters. The number of allylic oxidation sites excluding steroid dienone is 2. The topological polar surface area (TPSA) is 3.24 Å². The normalized spacial score (nSPS) is 12.1. The molecule has 0 heterocycles. The average Bonchev–Trinajstić information content (AvgIpc) is 2.24. The molecule has 1 nitrogen and oxygen atoms in total. The van der Waals surface area contributed by atoms with E-state index < -0.39 is 0 Å². The maximum absolute atomic E-state index is 4.15. The van der Waals surface area contributed by atoms with Gasteiger partial charge in [-0.25, -0.2) is 0 Å². The van der Waals surface area contributed by atoms with Gasteiger partial charge in [-0.05, 0) is 26.7 Å². The molecular formula is C15H27N. The van der Waals surface area contributed by atoms with Gasteiger partial charge in [0.05, 0.1) is 0 Å². The zero-order valence-corrected chi connectivity index (χ0v) is 11.6. The quantitative estimate of drug-likeness (QED) is 0.576. The Hall–Kier alpha value is -0.980. The van der Waals surface area contributed by atoms with Crippen molar-refractivity contribution in [2.45, 2.75) is 46.1 Å². The first-order valence-electron chi connectivity index (χ1n) is 5.86. The molecule has 0 bridgehead atoms. The summed E-state index contributed by atoms with van der Waals surface area (Å²) >= 11 is 0. The molecule has 1 heteroatoms. The van der Waals surface area contributed by atoms with Crippen molar-refractivity contribution in [3.8, 4) is 0 Å². The fourth-order valence-corrected chi connectivity index (χ4v) is 1.51. The van der Waals surface area contributed by atoms with Crippen LogP contribution < -0.4 is 0 Å². The molecule has 0 amide bonds. The van der Waals surface area contributed by atoms with Crippen molar-refractivity contribution in [2.24, 2.45) is 5.41 Å². The van der Waals surface area contributed by atoms with Crippen LogP contribution in [-0.2, 0) is 0 Å². The second-order valence-corrected chi connectivity index (χ2v) is 5.44. The van der Waals surface area contributed by atoms with Crippen LogP contribution in [0.15, 0.2) is 37.6 Å². The molecule has 0 spiro atoms. The van der Waals surface area contributed by atoms with E-state index in [1.165, 1.54) is 0 Å². The molecular weight excluding hydrogens is 194 g/mol. The highest BCUT2D eigenvalue weighted by Crippen LogP contribution is 2.37. The Labute approximate surface area is 102 Å². The number of rotatable bonds is 7. The molecule has 0 saturated carbocycles. The number of nitrogens with zero attached hydrogens (tertiary/aromatic N) is 1. The Morgan fingerprint density at radius 1 is 1.19 bits per heavy atom. The first kappa shape index (κ1) is 15.0. The van der Waals surface area contributed by atoms with Gasteiger partial charge in [-0.1, -0.05) is 32.6 Å². The summed E-state index contributed by atoms with van der Waals surface area (Å²) in [5, 5.41) is 0. The fourth-order valence-electron chi connectivity index (χ4n) is 1.51. The smallest absolute Gasteiger partial charge is 0.0424 e. The molecule has 0 radical (unpaired) electrons. The molecule has 0 aromatic rings. The van der Waals surface area contributed by atoms with Gasteiger partial charge in [-0.2, -0.15) is 0 Å². The highest BCUT2D eigenvalue weighted by atomic mass is 15.2. The minimum atomic E-state index is 0.00695. The van der Waals surface area contributed by atoms with E-state index in [1.807, 2.05) is 12.2 Å². The maximum atomic E-state index is 4.15. The maximum Gasteiger partial charge on any atom is 0.0424 e. The van der Waals surface area contributed by atoms with Crippen molar-refractivity contribution >= 4 is 0 Å². The Bertz CT molecular complexity index is 271. The van der Waals surface area contributed by atoms with Crippen LogP contribution >= 0.6 is 0 Å². The molecule has 0 aromatic heterocycles. The van der Waals surface area contributed by atoms with Crippen LogP contribution in [0.1, 0.15) is 40.5 Å². The predicted molar refractivity (Wildman–Crippen MR) is 74.4 cm³/mol. The van der Waals surface area contributed by atoms with Crippen molar-refractivity contribution in [1.29, 1.82) is 0 Å². The van der Waals surface area contributed by atoms with Gasteiger partial charge in [0.15, 0.2) is 0 Å². The third-order valence-corrected chi connectivity index (χ3v) is 4.04. The van der Waals surface area contributed by atoms with Crippen molar-refractivity contribution in [1.82, 2.24) is 4.90 Å². The molecule has 0 rings (SSSR count). The van der Waals surface area contributed by atoms with Crippen LogP contribution in [-0.4, -0.2) is 17.5 Å². The van der Waals surface area contributed by atoms with E-state index in [-0.39, 0.29) is 11.0 Å². The molecule has 0 aliphatic heterocycles. The van der Waals surface area contributed by atoms with Gasteiger partial charge in [0, 0.05) is 23.7 Å². The lowest BCUT2D eigenvalue weighted by molar-refractivity contribution is 0.0903. The van der Waals surface area contributed by atoms with Gasteiger partial charge in [0.1, 0.15) is 0 Å². The summed E-state index contributed by atoms with van der Waals surface area (Å²) in [7, 11) is 2.11. The van der Waals surface area contributed by atoms with E-state index in [9.17, 15) is 0 Å². The van der Waals surface area contributed by atoms with Crippen LogP contribution in [0, 0.1) is 5.41 Å². The first-order valence-corrected chi connectivity index (χ1v) is 5.86. The SMILES string of the molecule is C=CCCC(=C)N(C)C(C)(C)C(C)(C)C=C. The third kappa shape index (κ3) is 3.01. The minimum Gasteiger partial charge on any atom is -0.372 e. The second-order valence-electron chi connectivity index (χ2n) is 5.44. The summed E-state index contributed by atoms with van der Waals surface area (Å²) in [5.74, 6) is 0. The fraction of sp³-hybridized carbons (Fsp3) is 0.600. The van der Waals surface area contributed by atoms with E-state index in [4.69, 9.17) is 0 Å². The van der Waals surface area contributed by atoms with E-state index in [0.717, 1.165) is 18.5 Å². The van der Waals surface area contributed by atoms with E-state index in [2.05, 4.69) is 59.4 Å². The molecule has 0 atom stereocenters. The van der Waals surface area contributed by atoms with Gasteiger partial charge in [-0.3, -0.25) is 0 Å². The number of hydrogen-bond acceptors (Lipinski definition) is 1. The Morgan fingerprint density at radius 3 is 2.06 bits per heavy atom. The van der Waals surface area contributed by atoms with Gasteiger partial charge in [-0.15, -0.1) is 13.2 Å². The first-order chi connectivity index (χ1) is 7.20. The molecule has 16 heavy (non-hydrogen) atoms. The van der Waals surface area contributed by atoms with Crippen LogP contribution in [0.3, 0.4) is 0 Å². The summed E-state index contributed by atoms with van der Waals surface area (Å²) in [6.45, 7) is 20.7. The standard InChI is InChI=1S/C15H27N/c1-9-11-12-13(3)16(8)15(6,7)14(4,5)10-2/h9-10H,1-3,11-12H2,4-8H3.